The van der Waals surface area contributed by atoms with Gasteiger partial charge >= 0.3 is 6.09 Å². The number of aryl methyl sites for hydroxylation is 1. The van der Waals surface area contributed by atoms with E-state index < -0.39 is 41.5 Å². The highest BCUT2D eigenvalue weighted by atomic mass is 35.5. The molecule has 2 aromatic carbocycles. The summed E-state index contributed by atoms with van der Waals surface area (Å²) in [5.74, 6) is -1.61. The second-order valence-corrected chi connectivity index (χ2v) is 11.3. The monoisotopic (exact) mass is 568 g/mol. The second-order valence-electron chi connectivity index (χ2n) is 10.9. The number of nitrogens with one attached hydrogen (secondary N) is 2. The lowest BCUT2D eigenvalue weighted by Gasteiger charge is -2.35. The molecule has 10 heteroatoms. The highest BCUT2D eigenvalue weighted by Crippen LogP contribution is 2.37. The van der Waals surface area contributed by atoms with Crippen molar-refractivity contribution >= 4 is 47.2 Å². The minimum absolute atomic E-state index is 0.0543. The zero-order valence-electron chi connectivity index (χ0n) is 23.3. The van der Waals surface area contributed by atoms with Gasteiger partial charge in [-0.05, 0) is 75.8 Å². The first kappa shape index (κ1) is 30.7. The Morgan fingerprint density at radius 2 is 1.85 bits per heavy atom. The number of hydrogen-bond donors (Lipinski definition) is 3. The number of nitrogens with zero attached hydrogens (tertiary/aromatic N) is 1. The van der Waals surface area contributed by atoms with Gasteiger partial charge in [-0.15, -0.1) is 0 Å². The number of rotatable bonds is 11. The van der Waals surface area contributed by atoms with Crippen LogP contribution in [0, 0.1) is 6.92 Å². The molecule has 4 amide bonds. The van der Waals surface area contributed by atoms with Gasteiger partial charge in [-0.3, -0.25) is 14.4 Å². The smallest absolute Gasteiger partial charge is 0.408 e. The van der Waals surface area contributed by atoms with Crippen molar-refractivity contribution < 1.29 is 23.9 Å². The number of alkyl carbamates (subject to hydrolysis) is 1. The van der Waals surface area contributed by atoms with Crippen molar-refractivity contribution in [3.05, 3.63) is 70.8 Å². The van der Waals surface area contributed by atoms with E-state index in [0.717, 1.165) is 11.1 Å². The van der Waals surface area contributed by atoms with E-state index >= 15 is 0 Å². The molecule has 1 aliphatic carbocycles. The summed E-state index contributed by atoms with van der Waals surface area (Å²) in [5.41, 5.74) is 7.10. The SMILES string of the molecule is C=Cc1cccc(C(C(=O)Nc2c(C)cccc2Cl)N(C(=O)C(CCC(N)=O)NC(=O)OC(C)(C)C)C2CC2)c1. The number of primary amides is 1. The highest BCUT2D eigenvalue weighted by molar-refractivity contribution is 6.34. The van der Waals surface area contributed by atoms with Crippen LogP contribution in [0.15, 0.2) is 49.0 Å². The summed E-state index contributed by atoms with van der Waals surface area (Å²) in [7, 11) is 0. The molecule has 0 bridgehead atoms. The first-order valence-electron chi connectivity index (χ1n) is 13.2. The van der Waals surface area contributed by atoms with E-state index in [1.54, 1.807) is 57.2 Å². The van der Waals surface area contributed by atoms with Crippen LogP contribution in [0.1, 0.15) is 69.2 Å². The quantitative estimate of drug-likeness (QED) is 0.346. The van der Waals surface area contributed by atoms with Gasteiger partial charge in [0.15, 0.2) is 0 Å². The van der Waals surface area contributed by atoms with Crippen molar-refractivity contribution in [3.63, 3.8) is 0 Å². The number of nitrogens with two attached hydrogens (primary N) is 1. The molecule has 214 valence electrons. The fourth-order valence-electron chi connectivity index (χ4n) is 4.32. The molecule has 40 heavy (non-hydrogen) atoms. The average molecular weight is 569 g/mol. The number of ether oxygens (including phenoxy) is 1. The third kappa shape index (κ3) is 8.32. The zero-order chi connectivity index (χ0) is 29.6. The van der Waals surface area contributed by atoms with E-state index in [4.69, 9.17) is 22.1 Å². The van der Waals surface area contributed by atoms with Gasteiger partial charge in [0.1, 0.15) is 17.7 Å². The number of benzene rings is 2. The molecule has 0 radical (unpaired) electrons. The lowest BCUT2D eigenvalue weighted by molar-refractivity contribution is -0.141. The first-order valence-corrected chi connectivity index (χ1v) is 13.6. The van der Waals surface area contributed by atoms with Gasteiger partial charge in [-0.1, -0.05) is 54.6 Å². The Morgan fingerprint density at radius 3 is 2.42 bits per heavy atom. The fourth-order valence-corrected chi connectivity index (χ4v) is 4.59. The number of anilines is 1. The lowest BCUT2D eigenvalue weighted by atomic mass is 9.99. The Morgan fingerprint density at radius 1 is 1.18 bits per heavy atom. The Hall–Kier alpha value is -3.85. The van der Waals surface area contributed by atoms with E-state index in [9.17, 15) is 19.2 Å². The standard InChI is InChI=1S/C30H37ClN4O5/c1-6-19-10-8-11-20(17-19)26(27(37)34-25-18(2)9-7-12-22(25)31)35(21-13-14-21)28(38)23(15-16-24(32)36)33-29(39)40-30(3,4)5/h6-12,17,21,23,26H,1,13-16H2,2-5H3,(H2,32,36)(H,33,39)(H,34,37). The summed E-state index contributed by atoms with van der Waals surface area (Å²) in [5, 5.41) is 5.88. The summed E-state index contributed by atoms with van der Waals surface area (Å²) in [4.78, 5) is 54.0. The van der Waals surface area contributed by atoms with Crippen molar-refractivity contribution in [2.45, 2.75) is 77.1 Å². The van der Waals surface area contributed by atoms with E-state index in [1.807, 2.05) is 19.1 Å². The molecule has 2 aromatic rings. The highest BCUT2D eigenvalue weighted by Gasteiger charge is 2.44. The second kappa shape index (κ2) is 13.0. The third-order valence-electron chi connectivity index (χ3n) is 6.32. The summed E-state index contributed by atoms with van der Waals surface area (Å²) >= 11 is 6.41. The van der Waals surface area contributed by atoms with Crippen LogP contribution >= 0.6 is 11.6 Å². The maximum Gasteiger partial charge on any atom is 0.408 e. The molecule has 2 atom stereocenters. The Labute approximate surface area is 240 Å². The molecular weight excluding hydrogens is 532 g/mol. The zero-order valence-corrected chi connectivity index (χ0v) is 24.1. The van der Waals surface area contributed by atoms with Gasteiger partial charge < -0.3 is 26.0 Å². The number of amides is 4. The maximum absolute atomic E-state index is 14.2. The molecule has 0 saturated heterocycles. The molecule has 2 unspecified atom stereocenters. The predicted molar refractivity (Wildman–Crippen MR) is 156 cm³/mol. The van der Waals surface area contributed by atoms with Gasteiger partial charge in [-0.2, -0.15) is 0 Å². The predicted octanol–water partition coefficient (Wildman–Crippen LogP) is 5.12. The Balaban J connectivity index is 2.05. The third-order valence-corrected chi connectivity index (χ3v) is 6.64. The van der Waals surface area contributed by atoms with Crippen molar-refractivity contribution in [1.82, 2.24) is 10.2 Å². The summed E-state index contributed by atoms with van der Waals surface area (Å²) in [6, 6.07) is 9.99. The van der Waals surface area contributed by atoms with Crippen LogP contribution in [0.25, 0.3) is 6.08 Å². The van der Waals surface area contributed by atoms with Crippen molar-refractivity contribution in [2.24, 2.45) is 5.73 Å². The lowest BCUT2D eigenvalue weighted by Crippen LogP contribution is -2.53. The molecular formula is C30H37ClN4O5. The minimum atomic E-state index is -1.15. The van der Waals surface area contributed by atoms with Crippen LogP contribution in [0.5, 0.6) is 0 Å². The van der Waals surface area contributed by atoms with Crippen LogP contribution in [0.2, 0.25) is 5.02 Å². The summed E-state index contributed by atoms with van der Waals surface area (Å²) < 4.78 is 5.37. The topological polar surface area (TPSA) is 131 Å². The van der Waals surface area contributed by atoms with E-state index in [-0.39, 0.29) is 18.9 Å². The minimum Gasteiger partial charge on any atom is -0.444 e. The van der Waals surface area contributed by atoms with Gasteiger partial charge in [0, 0.05) is 12.5 Å². The molecule has 0 aromatic heterocycles. The van der Waals surface area contributed by atoms with Gasteiger partial charge in [0.05, 0.1) is 10.7 Å². The number of para-hydroxylation sites is 1. The molecule has 0 heterocycles. The van der Waals surface area contributed by atoms with Crippen LogP contribution in [-0.2, 0) is 19.1 Å². The molecule has 1 saturated carbocycles. The maximum atomic E-state index is 14.2. The van der Waals surface area contributed by atoms with Gasteiger partial charge in [0.25, 0.3) is 5.91 Å². The molecule has 9 nitrogen and oxygen atoms in total. The first-order chi connectivity index (χ1) is 18.8. The molecule has 4 N–H and O–H groups in total. The number of halogens is 1. The normalized spacial score (nSPS) is 14.4. The van der Waals surface area contributed by atoms with Gasteiger partial charge in [-0.25, -0.2) is 4.79 Å². The number of hydrogen-bond acceptors (Lipinski definition) is 5. The molecule has 1 fully saturated rings. The summed E-state index contributed by atoms with van der Waals surface area (Å²) in [6.07, 6.45) is 1.99. The average Bonchev–Trinajstić information content (AvgIpc) is 3.70. The molecule has 3 rings (SSSR count). The van der Waals surface area contributed by atoms with Gasteiger partial charge in [0.2, 0.25) is 11.8 Å². The Bertz CT molecular complexity index is 1260. The van der Waals surface area contributed by atoms with Crippen LogP contribution < -0.4 is 16.4 Å². The largest absolute Gasteiger partial charge is 0.444 e. The molecule has 0 aliphatic heterocycles. The van der Waals surface area contributed by atoms with Crippen LogP contribution in [-0.4, -0.2) is 46.4 Å². The number of carbonyl (C=O) groups excluding carboxylic acids is 4. The van der Waals surface area contributed by atoms with E-state index in [2.05, 4.69) is 17.2 Å². The number of carbonyl (C=O) groups is 4. The van der Waals surface area contributed by atoms with Crippen molar-refractivity contribution in [2.75, 3.05) is 5.32 Å². The molecule has 0 spiro atoms. The van der Waals surface area contributed by atoms with E-state index in [1.165, 1.54) is 4.90 Å². The van der Waals surface area contributed by atoms with E-state index in [0.29, 0.717) is 29.1 Å². The fraction of sp³-hybridized carbons (Fsp3) is 0.400. The summed E-state index contributed by atoms with van der Waals surface area (Å²) in [6.45, 7) is 10.7. The Kier molecular flexibility index (Phi) is 9.98. The molecule has 1 aliphatic rings. The van der Waals surface area contributed by atoms with Crippen LogP contribution in [0.3, 0.4) is 0 Å². The van der Waals surface area contributed by atoms with Crippen molar-refractivity contribution in [1.29, 1.82) is 0 Å². The van der Waals surface area contributed by atoms with Crippen molar-refractivity contribution in [3.8, 4) is 0 Å². The van der Waals surface area contributed by atoms with Crippen LogP contribution in [0.4, 0.5) is 10.5 Å².